The van der Waals surface area contributed by atoms with Crippen LogP contribution >= 0.6 is 0 Å². The highest BCUT2D eigenvalue weighted by atomic mass is 16.7. The molecule has 8 heteroatoms. The van der Waals surface area contributed by atoms with Crippen molar-refractivity contribution in [2.75, 3.05) is 13.9 Å². The lowest BCUT2D eigenvalue weighted by Crippen LogP contribution is -2.27. The first-order chi connectivity index (χ1) is 14.1. The number of ether oxygens (including phenoxy) is 4. The Bertz CT molecular complexity index is 1300. The predicted molar refractivity (Wildman–Crippen MR) is 103 cm³/mol. The summed E-state index contributed by atoms with van der Waals surface area (Å²) in [5.41, 5.74) is 7.40. The van der Waals surface area contributed by atoms with Crippen LogP contribution in [0.4, 0.5) is 0 Å². The highest BCUT2D eigenvalue weighted by Crippen LogP contribution is 2.48. The zero-order valence-corrected chi connectivity index (χ0v) is 15.3. The Morgan fingerprint density at radius 1 is 1.24 bits per heavy atom. The summed E-state index contributed by atoms with van der Waals surface area (Å²) in [5.74, 6) is 0.934. The number of benzene rings is 2. The Labute approximate surface area is 164 Å². The molecule has 0 saturated heterocycles. The lowest BCUT2D eigenvalue weighted by atomic mass is 9.83. The Balaban J connectivity index is 1.83. The van der Waals surface area contributed by atoms with E-state index in [1.165, 1.54) is 7.11 Å². The summed E-state index contributed by atoms with van der Waals surface area (Å²) in [4.78, 5) is 15.9. The van der Waals surface area contributed by atoms with Crippen LogP contribution in [0.15, 0.2) is 52.6 Å². The molecule has 3 N–H and O–H groups in total. The van der Waals surface area contributed by atoms with E-state index in [0.29, 0.717) is 45.0 Å². The second-order valence-corrected chi connectivity index (χ2v) is 6.62. The number of H-pyrrole nitrogens is 1. The van der Waals surface area contributed by atoms with E-state index in [2.05, 4.69) is 11.1 Å². The van der Waals surface area contributed by atoms with Gasteiger partial charge in [-0.3, -0.25) is 4.79 Å². The van der Waals surface area contributed by atoms with Crippen molar-refractivity contribution in [3.63, 3.8) is 0 Å². The number of para-hydroxylation sites is 1. The molecule has 29 heavy (non-hydrogen) atoms. The number of fused-ring (bicyclic) bond motifs is 4. The maximum Gasteiger partial charge on any atom is 0.256 e. The maximum atomic E-state index is 13.0. The third-order valence-corrected chi connectivity index (χ3v) is 5.10. The smallest absolute Gasteiger partial charge is 0.256 e. The molecule has 0 spiro atoms. The first-order valence-corrected chi connectivity index (χ1v) is 8.82. The van der Waals surface area contributed by atoms with Crippen molar-refractivity contribution in [2.24, 2.45) is 5.73 Å². The zero-order chi connectivity index (χ0) is 20.1. The zero-order valence-electron chi connectivity index (χ0n) is 15.3. The summed E-state index contributed by atoms with van der Waals surface area (Å²) in [6.07, 6.45) is 0. The Morgan fingerprint density at radius 2 is 2.07 bits per heavy atom. The number of aromatic amines is 1. The molecule has 0 fully saturated rings. The van der Waals surface area contributed by atoms with Gasteiger partial charge in [-0.2, -0.15) is 5.26 Å². The van der Waals surface area contributed by atoms with Crippen molar-refractivity contribution in [2.45, 2.75) is 5.92 Å². The van der Waals surface area contributed by atoms with Crippen LogP contribution in [-0.2, 0) is 0 Å². The molecule has 0 saturated carbocycles. The molecule has 0 radical (unpaired) electrons. The average Bonchev–Trinajstić information content (AvgIpc) is 3.21. The van der Waals surface area contributed by atoms with Gasteiger partial charge in [0.25, 0.3) is 5.56 Å². The molecule has 0 unspecified atom stereocenters. The van der Waals surface area contributed by atoms with Crippen LogP contribution in [0.3, 0.4) is 0 Å². The summed E-state index contributed by atoms with van der Waals surface area (Å²) < 4.78 is 22.1. The van der Waals surface area contributed by atoms with Crippen molar-refractivity contribution < 1.29 is 18.9 Å². The van der Waals surface area contributed by atoms with Gasteiger partial charge in [0.05, 0.1) is 24.1 Å². The Morgan fingerprint density at radius 3 is 2.86 bits per heavy atom. The van der Waals surface area contributed by atoms with Crippen LogP contribution in [0, 0.1) is 11.3 Å². The maximum absolute atomic E-state index is 13.0. The van der Waals surface area contributed by atoms with E-state index in [0.717, 1.165) is 0 Å². The van der Waals surface area contributed by atoms with E-state index in [9.17, 15) is 10.1 Å². The second-order valence-electron chi connectivity index (χ2n) is 6.62. The Kier molecular flexibility index (Phi) is 3.64. The van der Waals surface area contributed by atoms with Crippen molar-refractivity contribution in [1.82, 2.24) is 4.98 Å². The van der Waals surface area contributed by atoms with Gasteiger partial charge < -0.3 is 29.7 Å². The largest absolute Gasteiger partial charge is 0.493 e. The van der Waals surface area contributed by atoms with E-state index in [1.807, 2.05) is 18.2 Å². The molecule has 1 atom stereocenters. The van der Waals surface area contributed by atoms with Crippen molar-refractivity contribution in [3.8, 4) is 29.1 Å². The molecular formula is C21H15N3O5. The van der Waals surface area contributed by atoms with E-state index in [-0.39, 0.29) is 23.8 Å². The molecule has 5 rings (SSSR count). The van der Waals surface area contributed by atoms with Crippen LogP contribution in [-0.4, -0.2) is 18.9 Å². The van der Waals surface area contributed by atoms with Crippen molar-refractivity contribution >= 4 is 10.9 Å². The molecule has 3 heterocycles. The number of methoxy groups -OCH3 is 1. The first-order valence-electron chi connectivity index (χ1n) is 8.82. The molecule has 1 aromatic heterocycles. The topological polar surface area (TPSA) is 120 Å². The van der Waals surface area contributed by atoms with Gasteiger partial charge in [-0.25, -0.2) is 0 Å². The minimum Gasteiger partial charge on any atom is -0.493 e. The number of nitrogens with one attached hydrogen (secondary N) is 1. The van der Waals surface area contributed by atoms with Gasteiger partial charge in [0.2, 0.25) is 18.4 Å². The minimum absolute atomic E-state index is 0.0441. The van der Waals surface area contributed by atoms with Gasteiger partial charge in [0, 0.05) is 5.39 Å². The van der Waals surface area contributed by atoms with E-state index in [1.54, 1.807) is 18.2 Å². The highest BCUT2D eigenvalue weighted by Gasteiger charge is 2.36. The van der Waals surface area contributed by atoms with Crippen molar-refractivity contribution in [1.29, 1.82) is 5.26 Å². The van der Waals surface area contributed by atoms with Gasteiger partial charge in [-0.15, -0.1) is 0 Å². The summed E-state index contributed by atoms with van der Waals surface area (Å²) in [7, 11) is 1.51. The first kappa shape index (κ1) is 17.0. The summed E-state index contributed by atoms with van der Waals surface area (Å²) in [5, 5.41) is 10.5. The number of nitrogens with zero attached hydrogens (tertiary/aromatic N) is 1. The van der Waals surface area contributed by atoms with Crippen molar-refractivity contribution in [3.05, 3.63) is 69.3 Å². The standard InChI is InChI=1S/C21H15N3O5/c1-26-14-6-10(7-15-19(14)28-9-27-15)16-12(8-22)20(23)29-18-11-4-2-3-5-13(11)24-21(25)17(16)18/h2-7,16H,9,23H2,1H3,(H,24,25)/t16-/m0/s1. The molecule has 2 aromatic carbocycles. The monoisotopic (exact) mass is 389 g/mol. The second kappa shape index (κ2) is 6.21. The average molecular weight is 389 g/mol. The van der Waals surface area contributed by atoms with E-state index >= 15 is 0 Å². The highest BCUT2D eigenvalue weighted by molar-refractivity contribution is 5.87. The van der Waals surface area contributed by atoms with Gasteiger partial charge in [0.15, 0.2) is 11.5 Å². The molecule has 0 aliphatic carbocycles. The summed E-state index contributed by atoms with van der Waals surface area (Å²) in [6.45, 7) is 0.0633. The molecule has 8 nitrogen and oxygen atoms in total. The quantitative estimate of drug-likeness (QED) is 0.691. The molecule has 3 aromatic rings. The summed E-state index contributed by atoms with van der Waals surface area (Å²) >= 11 is 0. The summed E-state index contributed by atoms with van der Waals surface area (Å²) in [6, 6.07) is 12.8. The molecule has 144 valence electrons. The molecule has 2 aliphatic rings. The molecule has 2 aliphatic heterocycles. The van der Waals surface area contributed by atoms with Crippen LogP contribution in [0.25, 0.3) is 10.9 Å². The lowest BCUT2D eigenvalue weighted by molar-refractivity contribution is 0.171. The van der Waals surface area contributed by atoms with Crippen LogP contribution < -0.4 is 30.2 Å². The Hall–Kier alpha value is -4.12. The predicted octanol–water partition coefficient (Wildman–Crippen LogP) is 2.48. The van der Waals surface area contributed by atoms with Crippen LogP contribution in [0.2, 0.25) is 0 Å². The molecular weight excluding hydrogens is 374 g/mol. The number of nitrogens with two attached hydrogens (primary N) is 1. The third kappa shape index (κ3) is 2.41. The number of allylic oxidation sites excluding steroid dienone is 1. The number of hydrogen-bond acceptors (Lipinski definition) is 7. The van der Waals surface area contributed by atoms with Crippen LogP contribution in [0.1, 0.15) is 17.0 Å². The fourth-order valence-corrected chi connectivity index (χ4v) is 3.82. The van der Waals surface area contributed by atoms with E-state index in [4.69, 9.17) is 24.7 Å². The number of aromatic nitrogens is 1. The number of nitriles is 1. The van der Waals surface area contributed by atoms with Gasteiger partial charge in [-0.05, 0) is 29.8 Å². The number of pyridine rings is 1. The minimum atomic E-state index is -0.750. The molecule has 0 amide bonds. The number of rotatable bonds is 2. The fourth-order valence-electron chi connectivity index (χ4n) is 3.82. The lowest BCUT2D eigenvalue weighted by Gasteiger charge is -2.27. The normalized spacial score (nSPS) is 16.9. The fraction of sp³-hybridized carbons (Fsp3) is 0.143. The molecule has 0 bridgehead atoms. The van der Waals surface area contributed by atoms with Gasteiger partial charge >= 0.3 is 0 Å². The number of hydrogen-bond donors (Lipinski definition) is 2. The third-order valence-electron chi connectivity index (χ3n) is 5.10. The SMILES string of the molecule is COc1cc([C@H]2C(C#N)=C(N)Oc3c2c(=O)[nH]c2ccccc32)cc2c1OCO2. The van der Waals surface area contributed by atoms with E-state index < -0.39 is 5.92 Å². The van der Waals surface area contributed by atoms with Crippen LogP contribution in [0.5, 0.6) is 23.0 Å². The van der Waals surface area contributed by atoms with Gasteiger partial charge in [0.1, 0.15) is 17.4 Å². The van der Waals surface area contributed by atoms with Gasteiger partial charge in [-0.1, -0.05) is 12.1 Å².